The first-order valence-electron chi connectivity index (χ1n) is 7.93. The molecule has 3 rings (SSSR count). The third-order valence-corrected chi connectivity index (χ3v) is 3.91. The lowest BCUT2D eigenvalue weighted by atomic mass is 9.76. The van der Waals surface area contributed by atoms with E-state index < -0.39 is 17.2 Å². The molecule has 0 radical (unpaired) electrons. The van der Waals surface area contributed by atoms with Gasteiger partial charge in [-0.15, -0.1) is 0 Å². The summed E-state index contributed by atoms with van der Waals surface area (Å²) in [7, 11) is 0. The molecule has 1 saturated heterocycles. The molecule has 128 valence electrons. The van der Waals surface area contributed by atoms with E-state index in [4.69, 9.17) is 18.7 Å². The first kappa shape index (κ1) is 16.2. The molecule has 0 spiro atoms. The molecule has 8 heteroatoms. The topological polar surface area (TPSA) is 95.7 Å². The van der Waals surface area contributed by atoms with Crippen LogP contribution in [-0.2, 0) is 19.7 Å². The number of amides is 1. The Bertz CT molecular complexity index is 556. The van der Waals surface area contributed by atoms with Crippen molar-refractivity contribution in [3.05, 3.63) is 11.7 Å². The summed E-state index contributed by atoms with van der Waals surface area (Å²) < 4.78 is 21.5. The maximum atomic E-state index is 12.1. The van der Waals surface area contributed by atoms with Crippen LogP contribution in [-0.4, -0.2) is 41.7 Å². The molecule has 1 aromatic rings. The lowest BCUT2D eigenvalue weighted by Crippen LogP contribution is -2.52. The van der Waals surface area contributed by atoms with Crippen LogP contribution in [0.1, 0.15) is 57.9 Å². The zero-order valence-corrected chi connectivity index (χ0v) is 13.8. The molecule has 0 bridgehead atoms. The monoisotopic (exact) mass is 325 g/mol. The SMILES string of the molecule is CC(C)(C)OC(=O)NC1(c2noc(C3COCCO3)n2)CCC1. The molecule has 1 aliphatic carbocycles. The summed E-state index contributed by atoms with van der Waals surface area (Å²) >= 11 is 0. The third-order valence-electron chi connectivity index (χ3n) is 3.91. The Kier molecular flexibility index (Phi) is 4.29. The largest absolute Gasteiger partial charge is 0.444 e. The number of rotatable bonds is 3. The van der Waals surface area contributed by atoms with Gasteiger partial charge in [0.25, 0.3) is 5.89 Å². The van der Waals surface area contributed by atoms with E-state index in [2.05, 4.69) is 15.5 Å². The van der Waals surface area contributed by atoms with Gasteiger partial charge in [0.2, 0.25) is 0 Å². The molecule has 1 N–H and O–H groups in total. The number of carbonyl (C=O) groups is 1. The summed E-state index contributed by atoms with van der Waals surface area (Å²) in [4.78, 5) is 16.5. The van der Waals surface area contributed by atoms with Crippen LogP contribution in [0.25, 0.3) is 0 Å². The van der Waals surface area contributed by atoms with Crippen LogP contribution in [0.3, 0.4) is 0 Å². The Morgan fingerprint density at radius 3 is 2.70 bits per heavy atom. The predicted octanol–water partition coefficient (Wildman–Crippen LogP) is 2.06. The Balaban J connectivity index is 1.70. The molecule has 1 unspecified atom stereocenters. The smallest absolute Gasteiger partial charge is 0.408 e. The van der Waals surface area contributed by atoms with E-state index in [1.54, 1.807) is 0 Å². The maximum absolute atomic E-state index is 12.1. The highest BCUT2D eigenvalue weighted by Crippen LogP contribution is 2.40. The van der Waals surface area contributed by atoms with Crippen molar-refractivity contribution in [2.75, 3.05) is 19.8 Å². The van der Waals surface area contributed by atoms with Crippen molar-refractivity contribution < 1.29 is 23.5 Å². The molecular weight excluding hydrogens is 302 g/mol. The molecule has 1 aliphatic heterocycles. The van der Waals surface area contributed by atoms with Crippen molar-refractivity contribution >= 4 is 6.09 Å². The van der Waals surface area contributed by atoms with Crippen LogP contribution in [0, 0.1) is 0 Å². The Labute approximate surface area is 134 Å². The van der Waals surface area contributed by atoms with Gasteiger partial charge in [0.15, 0.2) is 11.9 Å². The van der Waals surface area contributed by atoms with E-state index in [0.29, 0.717) is 31.5 Å². The van der Waals surface area contributed by atoms with Gasteiger partial charge in [-0.3, -0.25) is 0 Å². The second-order valence-corrected chi connectivity index (χ2v) is 6.95. The Morgan fingerprint density at radius 1 is 1.35 bits per heavy atom. The summed E-state index contributed by atoms with van der Waals surface area (Å²) in [6.07, 6.45) is 1.69. The van der Waals surface area contributed by atoms with E-state index >= 15 is 0 Å². The minimum atomic E-state index is -0.612. The summed E-state index contributed by atoms with van der Waals surface area (Å²) in [5, 5.41) is 6.94. The van der Waals surface area contributed by atoms with Gasteiger partial charge in [-0.2, -0.15) is 4.98 Å². The Morgan fingerprint density at radius 2 is 2.13 bits per heavy atom. The number of alkyl carbamates (subject to hydrolysis) is 1. The molecule has 8 nitrogen and oxygen atoms in total. The molecule has 2 heterocycles. The third kappa shape index (κ3) is 3.64. The van der Waals surface area contributed by atoms with Crippen molar-refractivity contribution in [1.29, 1.82) is 0 Å². The van der Waals surface area contributed by atoms with Crippen molar-refractivity contribution in [2.24, 2.45) is 0 Å². The predicted molar refractivity (Wildman–Crippen MR) is 78.7 cm³/mol. The van der Waals surface area contributed by atoms with Crippen molar-refractivity contribution in [1.82, 2.24) is 15.5 Å². The van der Waals surface area contributed by atoms with Crippen LogP contribution in [0.2, 0.25) is 0 Å². The highest BCUT2D eigenvalue weighted by atomic mass is 16.6. The highest BCUT2D eigenvalue weighted by Gasteiger charge is 2.45. The molecule has 1 amide bonds. The van der Waals surface area contributed by atoms with Gasteiger partial charge in [-0.1, -0.05) is 5.16 Å². The normalized spacial score (nSPS) is 23.9. The maximum Gasteiger partial charge on any atom is 0.408 e. The number of nitrogens with zero attached hydrogens (tertiary/aromatic N) is 2. The standard InChI is InChI=1S/C15H23N3O5/c1-14(2,3)22-13(19)17-15(5-4-6-15)12-16-11(23-18-12)10-9-20-7-8-21-10/h10H,4-9H2,1-3H3,(H,17,19). The average Bonchev–Trinajstić information content (AvgIpc) is 2.92. The molecular formula is C15H23N3O5. The van der Waals surface area contributed by atoms with E-state index in [1.165, 1.54) is 0 Å². The Hall–Kier alpha value is -1.67. The first-order valence-corrected chi connectivity index (χ1v) is 7.93. The lowest BCUT2D eigenvalue weighted by Gasteiger charge is -2.39. The van der Waals surface area contributed by atoms with Crippen LogP contribution >= 0.6 is 0 Å². The van der Waals surface area contributed by atoms with E-state index in [0.717, 1.165) is 19.3 Å². The highest BCUT2D eigenvalue weighted by molar-refractivity contribution is 5.69. The summed E-state index contributed by atoms with van der Waals surface area (Å²) in [5.41, 5.74) is -1.16. The molecule has 0 aromatic carbocycles. The van der Waals surface area contributed by atoms with Crippen LogP contribution in [0.15, 0.2) is 4.52 Å². The lowest BCUT2D eigenvalue weighted by molar-refractivity contribution is -0.101. The number of aromatic nitrogens is 2. The molecule has 1 saturated carbocycles. The molecule has 23 heavy (non-hydrogen) atoms. The number of nitrogens with one attached hydrogen (secondary N) is 1. The van der Waals surface area contributed by atoms with Crippen molar-refractivity contribution in [3.8, 4) is 0 Å². The van der Waals surface area contributed by atoms with Gasteiger partial charge in [0.1, 0.15) is 11.1 Å². The first-order chi connectivity index (χ1) is 10.9. The zero-order chi connectivity index (χ0) is 16.5. The fourth-order valence-electron chi connectivity index (χ4n) is 2.62. The van der Waals surface area contributed by atoms with Crippen molar-refractivity contribution in [3.63, 3.8) is 0 Å². The van der Waals surface area contributed by atoms with Crippen LogP contribution in [0.4, 0.5) is 4.79 Å². The second-order valence-electron chi connectivity index (χ2n) is 6.95. The van der Waals surface area contributed by atoms with E-state index in [-0.39, 0.29) is 6.10 Å². The minimum absolute atomic E-state index is 0.344. The fourth-order valence-corrected chi connectivity index (χ4v) is 2.62. The van der Waals surface area contributed by atoms with Gasteiger partial charge >= 0.3 is 6.09 Å². The quantitative estimate of drug-likeness (QED) is 0.908. The van der Waals surface area contributed by atoms with E-state index in [9.17, 15) is 4.79 Å². The number of carbonyl (C=O) groups excluding carboxylic acids is 1. The second kappa shape index (κ2) is 6.09. The number of hydrogen-bond donors (Lipinski definition) is 1. The summed E-state index contributed by atoms with van der Waals surface area (Å²) in [6.45, 7) is 6.95. The van der Waals surface area contributed by atoms with E-state index in [1.807, 2.05) is 20.8 Å². The van der Waals surface area contributed by atoms with Gasteiger partial charge < -0.3 is 24.1 Å². The van der Waals surface area contributed by atoms with Gasteiger partial charge in [0, 0.05) is 0 Å². The molecule has 1 aromatic heterocycles. The summed E-state index contributed by atoms with van der Waals surface area (Å²) in [5.74, 6) is 0.857. The van der Waals surface area contributed by atoms with Crippen LogP contribution < -0.4 is 5.32 Å². The molecule has 2 aliphatic rings. The molecule has 1 atom stereocenters. The zero-order valence-electron chi connectivity index (χ0n) is 13.8. The van der Waals surface area contributed by atoms with Gasteiger partial charge in [-0.05, 0) is 40.0 Å². The fraction of sp³-hybridized carbons (Fsp3) is 0.800. The number of ether oxygens (including phenoxy) is 3. The van der Waals surface area contributed by atoms with Gasteiger partial charge in [0.05, 0.1) is 19.8 Å². The van der Waals surface area contributed by atoms with Gasteiger partial charge in [-0.25, -0.2) is 4.79 Å². The van der Waals surface area contributed by atoms with Crippen LogP contribution in [0.5, 0.6) is 0 Å². The van der Waals surface area contributed by atoms with Crippen molar-refractivity contribution in [2.45, 2.75) is 57.3 Å². The average molecular weight is 325 g/mol. The molecule has 2 fully saturated rings. The number of hydrogen-bond acceptors (Lipinski definition) is 7. The summed E-state index contributed by atoms with van der Waals surface area (Å²) in [6, 6.07) is 0. The minimum Gasteiger partial charge on any atom is -0.444 e.